The van der Waals surface area contributed by atoms with E-state index in [0.717, 1.165) is 47.0 Å². The summed E-state index contributed by atoms with van der Waals surface area (Å²) in [5.41, 5.74) is 9.55. The van der Waals surface area contributed by atoms with Gasteiger partial charge in [-0.25, -0.2) is 24.6 Å². The Labute approximate surface area is 284 Å². The van der Waals surface area contributed by atoms with Crippen LogP contribution in [-0.2, 0) is 20.4 Å². The van der Waals surface area contributed by atoms with Gasteiger partial charge in [-0.3, -0.25) is 10.1 Å². The number of benzene rings is 3. The summed E-state index contributed by atoms with van der Waals surface area (Å²) in [7, 11) is 1.80. The highest BCUT2D eigenvalue weighted by molar-refractivity contribution is 8.13. The second-order valence-corrected chi connectivity index (χ2v) is 10.8. The number of aliphatic imine (C=N–C) groups is 3. The van der Waals surface area contributed by atoms with Crippen LogP contribution in [0.5, 0.6) is 0 Å². The lowest BCUT2D eigenvalue weighted by Crippen LogP contribution is -2.33. The molecule has 0 spiro atoms. The first-order valence-corrected chi connectivity index (χ1v) is 15.6. The number of carbonyl (C=O) groups excluding carboxylic acids is 3. The number of amidine groups is 2. The van der Waals surface area contributed by atoms with Gasteiger partial charge in [0, 0.05) is 24.0 Å². The van der Waals surface area contributed by atoms with Crippen LogP contribution in [0.2, 0.25) is 0 Å². The summed E-state index contributed by atoms with van der Waals surface area (Å²) >= 11 is 0.950. The third-order valence-corrected chi connectivity index (χ3v) is 7.02. The number of aryl methyl sites for hydroxylation is 2. The zero-order valence-corrected chi connectivity index (χ0v) is 27.8. The zero-order chi connectivity index (χ0) is 36.0. The van der Waals surface area contributed by atoms with Gasteiger partial charge in [0.25, 0.3) is 0 Å². The van der Waals surface area contributed by atoms with E-state index in [-0.39, 0.29) is 29.2 Å². The van der Waals surface area contributed by atoms with Crippen molar-refractivity contribution in [2.45, 2.75) is 26.9 Å². The molecule has 0 aliphatic rings. The van der Waals surface area contributed by atoms with E-state index in [9.17, 15) is 27.6 Å². The van der Waals surface area contributed by atoms with Gasteiger partial charge >= 0.3 is 24.3 Å². The number of thioether (sulfide) groups is 1. The molecule has 0 aliphatic carbocycles. The van der Waals surface area contributed by atoms with Gasteiger partial charge in [0.1, 0.15) is 24.7 Å². The number of halogens is 3. The number of rotatable bonds is 11. The highest BCUT2D eigenvalue weighted by atomic mass is 32.2. The van der Waals surface area contributed by atoms with Crippen molar-refractivity contribution in [2.24, 2.45) is 20.7 Å². The standard InChI is InChI=1S/C32H35F3N8O5S/c1-5-47-31(46)38-16-26(44)48-18-49-30(42-27-19(2)14-25(37-4)15-20(27)3)43-29(45)41-24-10-6-21(7-11-24)28(36)40-17-39-23-12-8-22(9-13-23)32(33,34)35/h6-15,17,37H,5,16,18H2,1-4H3,(H,38,46)(H2,36,39,40)(H2,41,42,43,45). The molecule has 3 rings (SSSR count). The SMILES string of the molecule is CCOC(=O)NCC(=O)OCSC(=Nc1c(C)cc(NC)cc1C)NC(=O)Nc1ccc(C(N)=NC=Nc2ccc(C(F)(F)F)cc2)cc1. The van der Waals surface area contributed by atoms with Gasteiger partial charge in [0.2, 0.25) is 0 Å². The molecule has 0 saturated heterocycles. The van der Waals surface area contributed by atoms with Crippen LogP contribution in [0.15, 0.2) is 75.6 Å². The van der Waals surface area contributed by atoms with E-state index in [2.05, 4.69) is 36.2 Å². The van der Waals surface area contributed by atoms with E-state index in [4.69, 9.17) is 15.2 Å². The number of nitrogens with one attached hydrogen (secondary N) is 4. The molecule has 3 amide bonds. The molecule has 0 unspecified atom stereocenters. The third-order valence-electron chi connectivity index (χ3n) is 6.32. The van der Waals surface area contributed by atoms with Gasteiger partial charge in [-0.1, -0.05) is 0 Å². The van der Waals surface area contributed by atoms with Crippen LogP contribution in [0.1, 0.15) is 29.2 Å². The van der Waals surface area contributed by atoms with E-state index in [0.29, 0.717) is 16.9 Å². The molecule has 17 heteroatoms. The number of nitrogens with zero attached hydrogens (tertiary/aromatic N) is 3. The van der Waals surface area contributed by atoms with E-state index < -0.39 is 36.4 Å². The number of alkyl halides is 3. The lowest BCUT2D eigenvalue weighted by molar-refractivity contribution is -0.140. The Balaban J connectivity index is 1.66. The molecule has 0 heterocycles. The summed E-state index contributed by atoms with van der Waals surface area (Å²) in [6, 6.07) is 13.8. The number of hydrogen-bond acceptors (Lipinski definition) is 9. The first-order valence-electron chi connectivity index (χ1n) is 14.6. The molecule has 0 radical (unpaired) electrons. The fourth-order valence-electron chi connectivity index (χ4n) is 3.96. The van der Waals surface area contributed by atoms with Crippen LogP contribution >= 0.6 is 11.8 Å². The zero-order valence-electron chi connectivity index (χ0n) is 27.0. The number of hydrogen-bond donors (Lipinski definition) is 5. The van der Waals surface area contributed by atoms with Gasteiger partial charge in [-0.15, -0.1) is 0 Å². The van der Waals surface area contributed by atoms with Crippen molar-refractivity contribution in [3.05, 3.63) is 82.9 Å². The largest absolute Gasteiger partial charge is 0.453 e. The number of amides is 3. The topological polar surface area (TPSA) is 181 Å². The maximum absolute atomic E-state index is 13.0. The first-order chi connectivity index (χ1) is 23.3. The Morgan fingerprint density at radius 1 is 0.959 bits per heavy atom. The minimum absolute atomic E-state index is 0.0829. The van der Waals surface area contributed by atoms with Crippen molar-refractivity contribution in [1.29, 1.82) is 0 Å². The number of esters is 1. The van der Waals surface area contributed by atoms with Gasteiger partial charge < -0.3 is 31.2 Å². The number of alkyl carbamates (subject to hydrolysis) is 1. The molecule has 3 aromatic carbocycles. The average Bonchev–Trinajstić information content (AvgIpc) is 3.05. The van der Waals surface area contributed by atoms with Crippen LogP contribution in [0.3, 0.4) is 0 Å². The Kier molecular flexibility index (Phi) is 14.0. The van der Waals surface area contributed by atoms with Crippen LogP contribution in [0, 0.1) is 13.8 Å². The van der Waals surface area contributed by atoms with Gasteiger partial charge in [0.05, 0.1) is 23.5 Å². The highest BCUT2D eigenvalue weighted by Gasteiger charge is 2.29. The third kappa shape index (κ3) is 12.5. The average molecular weight is 701 g/mol. The number of carbonyl (C=O) groups is 3. The van der Waals surface area contributed by atoms with E-state index in [1.807, 2.05) is 26.0 Å². The first kappa shape index (κ1) is 37.9. The van der Waals surface area contributed by atoms with Crippen LogP contribution in [0.25, 0.3) is 0 Å². The number of urea groups is 1. The van der Waals surface area contributed by atoms with Crippen LogP contribution in [-0.4, -0.2) is 61.6 Å². The molecule has 3 aromatic rings. The fraction of sp³-hybridized carbons (Fsp3) is 0.250. The molecule has 0 aromatic heterocycles. The quantitative estimate of drug-likeness (QED) is 0.0677. The monoisotopic (exact) mass is 700 g/mol. The molecule has 0 atom stereocenters. The molecule has 6 N–H and O–H groups in total. The van der Waals surface area contributed by atoms with Gasteiger partial charge in [-0.2, -0.15) is 13.2 Å². The Bertz CT molecular complexity index is 1690. The summed E-state index contributed by atoms with van der Waals surface area (Å²) in [5.74, 6) is -0.853. The summed E-state index contributed by atoms with van der Waals surface area (Å²) in [6.45, 7) is 5.12. The molecule has 0 saturated carbocycles. The number of anilines is 2. The number of nitrogens with two attached hydrogens (primary N) is 1. The highest BCUT2D eigenvalue weighted by Crippen LogP contribution is 2.30. The Hall–Kier alpha value is -5.58. The smallest absolute Gasteiger partial charge is 0.416 e. The van der Waals surface area contributed by atoms with Gasteiger partial charge in [0.15, 0.2) is 5.17 Å². The minimum Gasteiger partial charge on any atom is -0.453 e. The molecular formula is C32H35F3N8O5S. The predicted molar refractivity (Wildman–Crippen MR) is 185 cm³/mol. The second kappa shape index (κ2) is 18.1. The van der Waals surface area contributed by atoms with E-state index in [1.165, 1.54) is 12.1 Å². The van der Waals surface area contributed by atoms with Crippen LogP contribution < -0.4 is 27.0 Å². The summed E-state index contributed by atoms with van der Waals surface area (Å²) < 4.78 is 48.1. The summed E-state index contributed by atoms with van der Waals surface area (Å²) in [6.07, 6.45) is -4.07. The molecule has 49 heavy (non-hydrogen) atoms. The fourth-order valence-corrected chi connectivity index (χ4v) is 4.58. The molecule has 260 valence electrons. The van der Waals surface area contributed by atoms with E-state index in [1.54, 1.807) is 38.2 Å². The molecule has 13 nitrogen and oxygen atoms in total. The summed E-state index contributed by atoms with van der Waals surface area (Å²) in [5, 5.41) is 10.8. The number of ether oxygens (including phenoxy) is 2. The lowest BCUT2D eigenvalue weighted by Gasteiger charge is -2.13. The Morgan fingerprint density at radius 3 is 2.20 bits per heavy atom. The van der Waals surface area contributed by atoms with Crippen LogP contribution in [0.4, 0.5) is 45.5 Å². The van der Waals surface area contributed by atoms with Crippen molar-refractivity contribution in [3.8, 4) is 0 Å². The molecule has 0 bridgehead atoms. The predicted octanol–water partition coefficient (Wildman–Crippen LogP) is 6.22. The molecule has 0 aliphatic heterocycles. The van der Waals surface area contributed by atoms with Gasteiger partial charge in [-0.05, 0) is 104 Å². The van der Waals surface area contributed by atoms with Crippen molar-refractivity contribution in [2.75, 3.05) is 36.8 Å². The minimum atomic E-state index is -4.44. The Morgan fingerprint density at radius 2 is 1.61 bits per heavy atom. The van der Waals surface area contributed by atoms with Crippen molar-refractivity contribution < 1.29 is 37.0 Å². The van der Waals surface area contributed by atoms with Crippen molar-refractivity contribution >= 4 is 69.9 Å². The molecular weight excluding hydrogens is 665 g/mol. The normalized spacial score (nSPS) is 12.0. The lowest BCUT2D eigenvalue weighted by atomic mass is 10.1. The van der Waals surface area contributed by atoms with Crippen molar-refractivity contribution in [3.63, 3.8) is 0 Å². The maximum Gasteiger partial charge on any atom is 0.416 e. The van der Waals surface area contributed by atoms with E-state index >= 15 is 0 Å². The molecule has 0 fully saturated rings. The maximum atomic E-state index is 13.0. The summed E-state index contributed by atoms with van der Waals surface area (Å²) in [4.78, 5) is 49.1. The van der Waals surface area contributed by atoms with Crippen molar-refractivity contribution in [1.82, 2.24) is 10.6 Å². The second-order valence-electron chi connectivity index (χ2n) is 9.94.